The minimum Gasteiger partial charge on any atom is -0.495 e. The summed E-state index contributed by atoms with van der Waals surface area (Å²) in [4.78, 5) is 7.06. The first-order chi connectivity index (χ1) is 15.7. The van der Waals surface area contributed by atoms with Crippen molar-refractivity contribution < 1.29 is 18.6 Å². The summed E-state index contributed by atoms with van der Waals surface area (Å²) in [5.41, 5.74) is 2.69. The molecule has 4 rings (SSSR count). The molecule has 1 atom stereocenters. The topological polar surface area (TPSA) is 67.4 Å². The normalized spacial score (nSPS) is 18.2. The third kappa shape index (κ3) is 5.24. The molecule has 2 heterocycles. The zero-order valence-corrected chi connectivity index (χ0v) is 18.7. The van der Waals surface area contributed by atoms with E-state index in [0.29, 0.717) is 19.6 Å². The fraction of sp³-hybridized carbons (Fsp3) is 0.458. The van der Waals surface area contributed by atoms with Crippen LogP contribution in [-0.4, -0.2) is 52.1 Å². The van der Waals surface area contributed by atoms with E-state index < -0.39 is 0 Å². The Morgan fingerprint density at radius 2 is 2.19 bits per heavy atom. The maximum atomic E-state index is 14.0. The van der Waals surface area contributed by atoms with Crippen LogP contribution in [-0.2, 0) is 17.8 Å². The fourth-order valence-electron chi connectivity index (χ4n) is 4.23. The molecule has 0 amide bonds. The summed E-state index contributed by atoms with van der Waals surface area (Å²) in [5.74, 6) is 2.12. The minimum absolute atomic E-state index is 0.198. The van der Waals surface area contributed by atoms with Crippen LogP contribution in [0.5, 0.6) is 11.5 Å². The Kier molecular flexibility index (Phi) is 7.32. The van der Waals surface area contributed by atoms with Gasteiger partial charge in [0.1, 0.15) is 17.3 Å². The first-order valence-corrected chi connectivity index (χ1v) is 11.1. The summed E-state index contributed by atoms with van der Waals surface area (Å²) in [7, 11) is 1.70. The van der Waals surface area contributed by atoms with Gasteiger partial charge < -0.3 is 29.7 Å². The largest absolute Gasteiger partial charge is 0.495 e. The predicted octanol–water partition coefficient (Wildman–Crippen LogP) is 3.08. The summed E-state index contributed by atoms with van der Waals surface area (Å²) in [6, 6.07) is 11.4. The molecule has 2 aliphatic rings. The number of benzene rings is 2. The lowest BCUT2D eigenvalue weighted by atomic mass is 10.1. The van der Waals surface area contributed by atoms with Gasteiger partial charge in [0.15, 0.2) is 12.8 Å². The molecule has 7 nitrogen and oxygen atoms in total. The van der Waals surface area contributed by atoms with Gasteiger partial charge >= 0.3 is 0 Å². The number of ether oxygens (including phenoxy) is 3. The highest BCUT2D eigenvalue weighted by Crippen LogP contribution is 2.31. The lowest BCUT2D eigenvalue weighted by Gasteiger charge is -2.22. The number of anilines is 1. The summed E-state index contributed by atoms with van der Waals surface area (Å²) in [5, 5.41) is 6.86. The number of guanidine groups is 1. The van der Waals surface area contributed by atoms with E-state index in [0.717, 1.165) is 60.3 Å². The molecule has 0 bridgehead atoms. The van der Waals surface area contributed by atoms with Crippen LogP contribution in [0.15, 0.2) is 41.4 Å². The van der Waals surface area contributed by atoms with Gasteiger partial charge in [0, 0.05) is 37.8 Å². The van der Waals surface area contributed by atoms with Crippen LogP contribution < -0.4 is 25.0 Å². The predicted molar refractivity (Wildman–Crippen MR) is 123 cm³/mol. The number of fused-ring (bicyclic) bond motifs is 1. The van der Waals surface area contributed by atoms with E-state index in [1.165, 1.54) is 12.1 Å². The van der Waals surface area contributed by atoms with Crippen LogP contribution in [0.4, 0.5) is 10.1 Å². The Balaban J connectivity index is 1.38. The zero-order valence-electron chi connectivity index (χ0n) is 18.7. The van der Waals surface area contributed by atoms with Gasteiger partial charge in [0.25, 0.3) is 0 Å². The minimum atomic E-state index is -0.274. The molecule has 2 aromatic carbocycles. The number of hydrogen-bond acceptors (Lipinski definition) is 5. The molecule has 0 radical (unpaired) electrons. The number of aliphatic imine (C=N–C) groups is 1. The molecule has 1 unspecified atom stereocenters. The Hall–Kier alpha value is -3.00. The first-order valence-electron chi connectivity index (χ1n) is 11.1. The summed E-state index contributed by atoms with van der Waals surface area (Å²) < 4.78 is 30.4. The molecule has 1 saturated heterocycles. The van der Waals surface area contributed by atoms with Gasteiger partial charge in [0.05, 0.1) is 19.4 Å². The second-order valence-corrected chi connectivity index (χ2v) is 7.92. The van der Waals surface area contributed by atoms with Gasteiger partial charge in [-0.05, 0) is 49.6 Å². The molecule has 0 aliphatic carbocycles. The third-order valence-electron chi connectivity index (χ3n) is 5.70. The zero-order chi connectivity index (χ0) is 22.3. The summed E-state index contributed by atoms with van der Waals surface area (Å²) >= 11 is 0. The van der Waals surface area contributed by atoms with Crippen molar-refractivity contribution >= 4 is 11.6 Å². The van der Waals surface area contributed by atoms with E-state index in [1.807, 2.05) is 25.1 Å². The molecule has 2 aliphatic heterocycles. The van der Waals surface area contributed by atoms with E-state index in [-0.39, 0.29) is 18.7 Å². The molecule has 32 heavy (non-hydrogen) atoms. The highest BCUT2D eigenvalue weighted by molar-refractivity contribution is 5.80. The number of halogens is 1. The molecule has 2 N–H and O–H groups in total. The van der Waals surface area contributed by atoms with Crippen molar-refractivity contribution in [2.75, 3.05) is 45.0 Å². The van der Waals surface area contributed by atoms with Crippen LogP contribution >= 0.6 is 0 Å². The van der Waals surface area contributed by atoms with Gasteiger partial charge in [-0.1, -0.05) is 12.1 Å². The average molecular weight is 443 g/mol. The van der Waals surface area contributed by atoms with Crippen LogP contribution in [0.1, 0.15) is 24.5 Å². The van der Waals surface area contributed by atoms with E-state index >= 15 is 0 Å². The monoisotopic (exact) mass is 442 g/mol. The van der Waals surface area contributed by atoms with Gasteiger partial charge in [0.2, 0.25) is 0 Å². The molecule has 0 aromatic heterocycles. The maximum Gasteiger partial charge on any atom is 0.191 e. The van der Waals surface area contributed by atoms with Gasteiger partial charge in [-0.25, -0.2) is 4.39 Å². The van der Waals surface area contributed by atoms with E-state index in [2.05, 4.69) is 21.6 Å². The van der Waals surface area contributed by atoms with Gasteiger partial charge in [-0.3, -0.25) is 4.99 Å². The Labute approximate surface area is 188 Å². The Bertz CT molecular complexity index is 953. The highest BCUT2D eigenvalue weighted by Gasteiger charge is 2.25. The van der Waals surface area contributed by atoms with Crippen LogP contribution in [0.2, 0.25) is 0 Å². The molecule has 2 aromatic rings. The molecule has 8 heteroatoms. The van der Waals surface area contributed by atoms with E-state index in [1.54, 1.807) is 7.11 Å². The molecule has 0 spiro atoms. The smallest absolute Gasteiger partial charge is 0.191 e. The number of nitrogens with one attached hydrogen (secondary N) is 2. The molecular formula is C24H31FN4O3. The van der Waals surface area contributed by atoms with E-state index in [9.17, 15) is 4.39 Å². The number of hydrogen-bond donors (Lipinski definition) is 2. The number of nitrogens with zero attached hydrogens (tertiary/aromatic N) is 2. The molecular weight excluding hydrogens is 411 g/mol. The van der Waals surface area contributed by atoms with Crippen molar-refractivity contribution in [3.8, 4) is 11.5 Å². The number of para-hydroxylation sites is 2. The number of methoxy groups -OCH3 is 1. The standard InChI is InChI=1S/C24H31FN4O3/c1-3-26-24(27-10-8-17-12-19(25)13-18-15-31-16-32-23(17)18)28-20-9-11-29(14-20)21-6-4-5-7-22(21)30-2/h4-7,12-13,20H,3,8-11,14-16H2,1-2H3,(H2,26,27,28). The van der Waals surface area contributed by atoms with Gasteiger partial charge in [-0.2, -0.15) is 0 Å². The Morgan fingerprint density at radius 3 is 3.03 bits per heavy atom. The number of rotatable bonds is 7. The maximum absolute atomic E-state index is 14.0. The summed E-state index contributed by atoms with van der Waals surface area (Å²) in [6.45, 7) is 5.73. The lowest BCUT2D eigenvalue weighted by Crippen LogP contribution is -2.44. The van der Waals surface area contributed by atoms with Gasteiger partial charge in [-0.15, -0.1) is 0 Å². The van der Waals surface area contributed by atoms with Crippen LogP contribution in [0, 0.1) is 5.82 Å². The van der Waals surface area contributed by atoms with Crippen molar-refractivity contribution in [3.63, 3.8) is 0 Å². The van der Waals surface area contributed by atoms with Crippen LogP contribution in [0.3, 0.4) is 0 Å². The van der Waals surface area contributed by atoms with E-state index in [4.69, 9.17) is 19.2 Å². The van der Waals surface area contributed by atoms with Crippen molar-refractivity contribution in [2.45, 2.75) is 32.4 Å². The highest BCUT2D eigenvalue weighted by atomic mass is 19.1. The first kappa shape index (κ1) is 22.2. The second-order valence-electron chi connectivity index (χ2n) is 7.92. The molecule has 0 saturated carbocycles. The van der Waals surface area contributed by atoms with Crippen molar-refractivity contribution in [1.82, 2.24) is 10.6 Å². The van der Waals surface area contributed by atoms with Crippen molar-refractivity contribution in [1.29, 1.82) is 0 Å². The van der Waals surface area contributed by atoms with Crippen molar-refractivity contribution in [2.24, 2.45) is 4.99 Å². The quantitative estimate of drug-likeness (QED) is 0.508. The SMILES string of the molecule is CCNC(=NCCc1cc(F)cc2c1OCOC2)NC1CCN(c2ccccc2OC)C1. The molecule has 172 valence electrons. The van der Waals surface area contributed by atoms with Crippen LogP contribution in [0.25, 0.3) is 0 Å². The average Bonchev–Trinajstić information content (AvgIpc) is 3.27. The Morgan fingerprint density at radius 1 is 1.31 bits per heavy atom. The van der Waals surface area contributed by atoms with Crippen molar-refractivity contribution in [3.05, 3.63) is 53.3 Å². The second kappa shape index (κ2) is 10.5. The third-order valence-corrected chi connectivity index (χ3v) is 5.70. The fourth-order valence-corrected chi connectivity index (χ4v) is 4.23. The molecule has 1 fully saturated rings. The summed E-state index contributed by atoms with van der Waals surface area (Å²) in [6.07, 6.45) is 1.60. The lowest BCUT2D eigenvalue weighted by molar-refractivity contribution is -0.0172.